The summed E-state index contributed by atoms with van der Waals surface area (Å²) in [6.07, 6.45) is 0. The molecular weight excluding hydrogens is 272 g/mol. The van der Waals surface area contributed by atoms with Crippen LogP contribution >= 0.6 is 0 Å². The molecule has 2 rings (SSSR count). The molecule has 0 fully saturated rings. The van der Waals surface area contributed by atoms with Crippen LogP contribution in [-0.4, -0.2) is 20.2 Å². The number of nitrogens with two attached hydrogens (primary N) is 1. The van der Waals surface area contributed by atoms with E-state index in [1.165, 1.54) is 12.1 Å². The second kappa shape index (κ2) is 6.04. The first-order valence-electron chi connectivity index (χ1n) is 6.15. The Hall–Kier alpha value is -2.89. The van der Waals surface area contributed by atoms with Crippen LogP contribution in [0.25, 0.3) is 0 Å². The van der Waals surface area contributed by atoms with Crippen molar-refractivity contribution < 1.29 is 19.4 Å². The number of methoxy groups -OCH3 is 2. The topological polar surface area (TPSA) is 96.6 Å². The average Bonchev–Trinajstić information content (AvgIpc) is 2.49. The molecule has 0 spiro atoms. The van der Waals surface area contributed by atoms with Crippen molar-refractivity contribution in [1.29, 1.82) is 0 Å². The summed E-state index contributed by atoms with van der Waals surface area (Å²) in [5.74, 6) is -0.00498. The van der Waals surface area contributed by atoms with Crippen molar-refractivity contribution in [3.63, 3.8) is 0 Å². The van der Waals surface area contributed by atoms with Gasteiger partial charge >= 0.3 is 0 Å². The fourth-order valence-electron chi connectivity index (χ4n) is 1.86. The molecule has 0 aliphatic heterocycles. The highest BCUT2D eigenvalue weighted by Crippen LogP contribution is 2.33. The third-order valence-electron chi connectivity index (χ3n) is 2.96. The number of hydrogen-bond acceptors (Lipinski definition) is 6. The van der Waals surface area contributed by atoms with Gasteiger partial charge in [-0.25, -0.2) is 0 Å². The maximum absolute atomic E-state index is 10.8. The van der Waals surface area contributed by atoms with E-state index in [-0.39, 0.29) is 5.56 Å². The highest BCUT2D eigenvalue weighted by molar-refractivity contribution is 5.89. The smallest absolute Gasteiger partial charge is 0.142 e. The van der Waals surface area contributed by atoms with Gasteiger partial charge in [-0.1, -0.05) is 6.07 Å². The lowest BCUT2D eigenvalue weighted by molar-refractivity contribution is -0.255. The van der Waals surface area contributed by atoms with Gasteiger partial charge in [0.05, 0.1) is 37.3 Å². The molecular formula is C15H15N2O4-. The van der Waals surface area contributed by atoms with Gasteiger partial charge in [0, 0.05) is 6.07 Å². The Labute approximate surface area is 122 Å². The summed E-state index contributed by atoms with van der Waals surface area (Å²) < 4.78 is 10.4. The average molecular weight is 287 g/mol. The van der Waals surface area contributed by atoms with Crippen LogP contribution in [0.3, 0.4) is 0 Å². The molecule has 6 heteroatoms. The fraction of sp³-hybridized carbons (Fsp3) is 0.133. The number of aromatic carboxylic acids is 1. The summed E-state index contributed by atoms with van der Waals surface area (Å²) in [5.41, 5.74) is 7.38. The normalized spacial score (nSPS) is 10.0. The third-order valence-corrected chi connectivity index (χ3v) is 2.96. The second-order valence-electron chi connectivity index (χ2n) is 4.28. The van der Waals surface area contributed by atoms with Gasteiger partial charge in [-0.3, -0.25) is 0 Å². The molecule has 0 radical (unpaired) electrons. The van der Waals surface area contributed by atoms with E-state index in [9.17, 15) is 9.90 Å². The molecule has 0 amide bonds. The van der Waals surface area contributed by atoms with E-state index in [2.05, 4.69) is 5.32 Å². The molecule has 0 saturated carbocycles. The molecule has 0 aliphatic carbocycles. The van der Waals surface area contributed by atoms with E-state index < -0.39 is 5.97 Å². The van der Waals surface area contributed by atoms with Crippen LogP contribution in [0.4, 0.5) is 17.1 Å². The third kappa shape index (κ3) is 3.17. The van der Waals surface area contributed by atoms with Crippen molar-refractivity contribution in [2.24, 2.45) is 0 Å². The Morgan fingerprint density at radius 3 is 2.43 bits per heavy atom. The molecule has 0 bridgehead atoms. The van der Waals surface area contributed by atoms with Gasteiger partial charge in [0.25, 0.3) is 0 Å². The van der Waals surface area contributed by atoms with Crippen LogP contribution in [-0.2, 0) is 0 Å². The molecule has 0 unspecified atom stereocenters. The molecule has 0 aliphatic rings. The van der Waals surface area contributed by atoms with Crippen LogP contribution in [0.2, 0.25) is 0 Å². The highest BCUT2D eigenvalue weighted by Gasteiger charge is 2.08. The summed E-state index contributed by atoms with van der Waals surface area (Å²) in [6.45, 7) is 0. The van der Waals surface area contributed by atoms with Gasteiger partial charge in [0.1, 0.15) is 11.5 Å². The Morgan fingerprint density at radius 2 is 1.86 bits per heavy atom. The number of carboxylic acid groups (broad SMARTS) is 1. The number of anilines is 3. The van der Waals surface area contributed by atoms with E-state index in [1.54, 1.807) is 38.5 Å². The predicted octanol–water partition coefficient (Wildman–Crippen LogP) is 1.39. The lowest BCUT2D eigenvalue weighted by Gasteiger charge is -2.15. The lowest BCUT2D eigenvalue weighted by atomic mass is 10.1. The number of benzene rings is 2. The number of nitrogen functional groups attached to an aromatic ring is 1. The fourth-order valence-corrected chi connectivity index (χ4v) is 1.86. The molecule has 21 heavy (non-hydrogen) atoms. The monoisotopic (exact) mass is 287 g/mol. The van der Waals surface area contributed by atoms with Gasteiger partial charge in [0.15, 0.2) is 0 Å². The minimum absolute atomic E-state index is 0.0238. The summed E-state index contributed by atoms with van der Waals surface area (Å²) in [5, 5.41) is 13.9. The SMILES string of the molecule is COc1ccc(OC)c(Nc2ccc(C(=O)[O-])cc2N)c1. The molecule has 0 saturated heterocycles. The zero-order chi connectivity index (χ0) is 15.4. The number of ether oxygens (including phenoxy) is 2. The zero-order valence-electron chi connectivity index (χ0n) is 11.7. The standard InChI is InChI=1S/C15H16N2O4/c1-20-10-4-6-14(21-2)13(8-10)17-12-5-3-9(15(18)19)7-11(12)16/h3-8,17H,16H2,1-2H3,(H,18,19)/p-1. The second-order valence-corrected chi connectivity index (χ2v) is 4.28. The lowest BCUT2D eigenvalue weighted by Crippen LogP contribution is -2.22. The largest absolute Gasteiger partial charge is 0.545 e. The quantitative estimate of drug-likeness (QED) is 0.807. The molecule has 110 valence electrons. The molecule has 2 aromatic rings. The van der Waals surface area contributed by atoms with Crippen LogP contribution in [0, 0.1) is 0 Å². The Kier molecular flexibility index (Phi) is 4.18. The Morgan fingerprint density at radius 1 is 1.10 bits per heavy atom. The van der Waals surface area contributed by atoms with Crippen molar-refractivity contribution in [2.75, 3.05) is 25.3 Å². The van der Waals surface area contributed by atoms with Gasteiger partial charge in [-0.15, -0.1) is 0 Å². The van der Waals surface area contributed by atoms with Crippen LogP contribution in [0.1, 0.15) is 10.4 Å². The van der Waals surface area contributed by atoms with Crippen LogP contribution in [0.5, 0.6) is 11.5 Å². The van der Waals surface area contributed by atoms with Crippen molar-refractivity contribution >= 4 is 23.0 Å². The molecule has 0 aromatic heterocycles. The number of carboxylic acids is 1. The zero-order valence-corrected chi connectivity index (χ0v) is 11.7. The number of rotatable bonds is 5. The summed E-state index contributed by atoms with van der Waals surface area (Å²) in [4.78, 5) is 10.8. The highest BCUT2D eigenvalue weighted by atomic mass is 16.5. The predicted molar refractivity (Wildman–Crippen MR) is 78.0 cm³/mol. The number of nitrogens with one attached hydrogen (secondary N) is 1. The van der Waals surface area contributed by atoms with Gasteiger partial charge in [-0.05, 0) is 29.8 Å². The summed E-state index contributed by atoms with van der Waals surface area (Å²) >= 11 is 0. The van der Waals surface area contributed by atoms with Crippen molar-refractivity contribution in [1.82, 2.24) is 0 Å². The maximum Gasteiger partial charge on any atom is 0.142 e. The minimum Gasteiger partial charge on any atom is -0.545 e. The van der Waals surface area contributed by atoms with E-state index in [0.29, 0.717) is 28.6 Å². The van der Waals surface area contributed by atoms with E-state index in [0.717, 1.165) is 0 Å². The van der Waals surface area contributed by atoms with Gasteiger partial charge in [-0.2, -0.15) is 0 Å². The van der Waals surface area contributed by atoms with Crippen LogP contribution < -0.4 is 25.6 Å². The first kappa shape index (κ1) is 14.5. The van der Waals surface area contributed by atoms with Gasteiger partial charge < -0.3 is 30.4 Å². The first-order valence-corrected chi connectivity index (χ1v) is 6.15. The Balaban J connectivity index is 2.35. The summed E-state index contributed by atoms with van der Waals surface area (Å²) in [7, 11) is 3.12. The number of carbonyl (C=O) groups is 1. The molecule has 0 atom stereocenters. The van der Waals surface area contributed by atoms with Crippen molar-refractivity contribution in [3.8, 4) is 11.5 Å². The van der Waals surface area contributed by atoms with E-state index >= 15 is 0 Å². The molecule has 0 heterocycles. The van der Waals surface area contributed by atoms with Crippen molar-refractivity contribution in [3.05, 3.63) is 42.0 Å². The first-order chi connectivity index (χ1) is 10.0. The number of carbonyl (C=O) groups excluding carboxylic acids is 1. The van der Waals surface area contributed by atoms with Crippen LogP contribution in [0.15, 0.2) is 36.4 Å². The molecule has 3 N–H and O–H groups in total. The van der Waals surface area contributed by atoms with E-state index in [1.807, 2.05) is 0 Å². The molecule has 2 aromatic carbocycles. The molecule has 6 nitrogen and oxygen atoms in total. The summed E-state index contributed by atoms with van der Waals surface area (Å²) in [6, 6.07) is 9.61. The van der Waals surface area contributed by atoms with Crippen molar-refractivity contribution in [2.45, 2.75) is 0 Å². The Bertz CT molecular complexity index is 671. The minimum atomic E-state index is -1.27. The maximum atomic E-state index is 10.8. The van der Waals surface area contributed by atoms with E-state index in [4.69, 9.17) is 15.2 Å². The number of hydrogen-bond donors (Lipinski definition) is 2. The van der Waals surface area contributed by atoms with Gasteiger partial charge in [0.2, 0.25) is 0 Å².